The average molecular weight is 312 g/mol. The van der Waals surface area contributed by atoms with Gasteiger partial charge in [-0.1, -0.05) is 0 Å². The van der Waals surface area contributed by atoms with Gasteiger partial charge in [-0.05, 0) is 72.7 Å². The van der Waals surface area contributed by atoms with Crippen molar-refractivity contribution in [2.75, 3.05) is 40.8 Å². The molecule has 0 aromatic heterocycles. The van der Waals surface area contributed by atoms with E-state index in [9.17, 15) is 5.11 Å². The molecule has 0 radical (unpaired) electrons. The highest BCUT2D eigenvalue weighted by atomic mass is 16.3. The van der Waals surface area contributed by atoms with Gasteiger partial charge < -0.3 is 20.6 Å². The van der Waals surface area contributed by atoms with Crippen LogP contribution >= 0.6 is 0 Å². The van der Waals surface area contributed by atoms with Crippen molar-refractivity contribution in [3.8, 4) is 0 Å². The molecule has 5 N–H and O–H groups in total. The third kappa shape index (κ3) is 12.5. The van der Waals surface area contributed by atoms with E-state index in [2.05, 4.69) is 32.8 Å². The lowest BCUT2D eigenvalue weighted by atomic mass is 10.2. The van der Waals surface area contributed by atoms with Gasteiger partial charge in [0.15, 0.2) is 0 Å². The molecule has 0 saturated carbocycles. The Morgan fingerprint density at radius 3 is 2.68 bits per heavy atom. The molecule has 0 bridgehead atoms. The second kappa shape index (κ2) is 13.4. The number of nitrogens with one attached hydrogen (secondary N) is 4. The highest BCUT2D eigenvalue weighted by Gasteiger charge is 2.03. The van der Waals surface area contributed by atoms with Crippen molar-refractivity contribution in [3.05, 3.63) is 12.2 Å². The van der Waals surface area contributed by atoms with Crippen molar-refractivity contribution in [1.82, 2.24) is 20.9 Å². The summed E-state index contributed by atoms with van der Waals surface area (Å²) in [5, 5.41) is 26.3. The molecular formula is C15H32N6O. The zero-order chi connectivity index (χ0) is 16.8. The molecule has 0 rings (SSSR count). The number of amidine groups is 1. The standard InChI is InChI=1S/C15H32N6O/c1-13(8-10-17-2)20-14(19-12-16)6-7-15(22)18-9-5-11-21(3)4/h6-7,12-13,15,17-18,22H,5,8-11H2,1-4H3,(H2,16,19,20)/b7-6+. The topological polar surface area (TPSA) is 95.8 Å². The molecule has 22 heavy (non-hydrogen) atoms. The zero-order valence-electron chi connectivity index (χ0n) is 14.3. The monoisotopic (exact) mass is 312 g/mol. The van der Waals surface area contributed by atoms with Crippen LogP contribution in [0.3, 0.4) is 0 Å². The molecule has 0 aliphatic rings. The summed E-state index contributed by atoms with van der Waals surface area (Å²) in [6.07, 6.45) is 5.53. The van der Waals surface area contributed by atoms with Gasteiger partial charge in [0.25, 0.3) is 0 Å². The lowest BCUT2D eigenvalue weighted by molar-refractivity contribution is 0.183. The Morgan fingerprint density at radius 1 is 1.36 bits per heavy atom. The van der Waals surface area contributed by atoms with Crippen molar-refractivity contribution in [2.45, 2.75) is 32.0 Å². The van der Waals surface area contributed by atoms with E-state index in [0.29, 0.717) is 5.84 Å². The van der Waals surface area contributed by atoms with Crippen molar-refractivity contribution in [3.63, 3.8) is 0 Å². The predicted molar refractivity (Wildman–Crippen MR) is 93.7 cm³/mol. The lowest BCUT2D eigenvalue weighted by Crippen LogP contribution is -2.34. The van der Waals surface area contributed by atoms with Gasteiger partial charge in [0.1, 0.15) is 18.4 Å². The molecule has 0 heterocycles. The molecule has 7 nitrogen and oxygen atoms in total. The van der Waals surface area contributed by atoms with Gasteiger partial charge >= 0.3 is 0 Å². The maximum atomic E-state index is 9.85. The van der Waals surface area contributed by atoms with Crippen molar-refractivity contribution in [2.24, 2.45) is 4.99 Å². The van der Waals surface area contributed by atoms with Crippen molar-refractivity contribution < 1.29 is 5.11 Å². The minimum Gasteiger partial charge on any atom is -0.375 e. The molecule has 2 unspecified atom stereocenters. The molecule has 0 saturated heterocycles. The summed E-state index contributed by atoms with van der Waals surface area (Å²) in [4.78, 5) is 6.06. The Kier molecular flexibility index (Phi) is 12.6. The second-order valence-electron chi connectivity index (χ2n) is 5.50. The van der Waals surface area contributed by atoms with Gasteiger partial charge in [-0.15, -0.1) is 0 Å². The Bertz CT molecular complexity index is 343. The first-order valence-electron chi connectivity index (χ1n) is 7.71. The first-order chi connectivity index (χ1) is 10.5. The van der Waals surface area contributed by atoms with Crippen LogP contribution < -0.4 is 16.0 Å². The summed E-state index contributed by atoms with van der Waals surface area (Å²) >= 11 is 0. The molecule has 0 aromatic carbocycles. The summed E-state index contributed by atoms with van der Waals surface area (Å²) in [6, 6.07) is 0.237. The summed E-state index contributed by atoms with van der Waals surface area (Å²) < 4.78 is 0. The fraction of sp³-hybridized carbons (Fsp3) is 0.733. The first-order valence-corrected chi connectivity index (χ1v) is 7.71. The predicted octanol–water partition coefficient (Wildman–Crippen LogP) is -0.00453. The first kappa shape index (κ1) is 20.7. The normalized spacial score (nSPS) is 15.3. The maximum Gasteiger partial charge on any atom is 0.127 e. The molecule has 128 valence electrons. The van der Waals surface area contributed by atoms with Crippen LogP contribution in [-0.4, -0.2) is 75.2 Å². The Hall–Kier alpha value is -1.28. The number of aliphatic hydroxyl groups is 1. The highest BCUT2D eigenvalue weighted by Crippen LogP contribution is 1.92. The number of aliphatic hydroxyl groups excluding tert-OH is 1. The quantitative estimate of drug-likeness (QED) is 0.151. The molecule has 0 aliphatic heterocycles. The van der Waals surface area contributed by atoms with Gasteiger partial charge in [0, 0.05) is 6.04 Å². The summed E-state index contributed by atoms with van der Waals surface area (Å²) in [7, 11) is 5.96. The highest BCUT2D eigenvalue weighted by molar-refractivity contribution is 5.97. The van der Waals surface area contributed by atoms with Crippen molar-refractivity contribution >= 4 is 12.2 Å². The minimum atomic E-state index is -0.715. The molecule has 0 amide bonds. The van der Waals surface area contributed by atoms with E-state index in [1.165, 1.54) is 0 Å². The van der Waals surface area contributed by atoms with E-state index < -0.39 is 6.23 Å². The zero-order valence-corrected chi connectivity index (χ0v) is 14.3. The SMILES string of the molecule is CNCCC(C)NC(/C=C/C(O)NCCCN(C)C)=N/C=N. The van der Waals surface area contributed by atoms with E-state index in [1.807, 2.05) is 21.1 Å². The second-order valence-corrected chi connectivity index (χ2v) is 5.50. The van der Waals surface area contributed by atoms with Gasteiger partial charge in [0.2, 0.25) is 0 Å². The third-order valence-electron chi connectivity index (χ3n) is 3.00. The number of rotatable bonds is 12. The van der Waals surface area contributed by atoms with Crippen LogP contribution in [0.25, 0.3) is 0 Å². The summed E-state index contributed by atoms with van der Waals surface area (Å²) in [5.41, 5.74) is 0. The van der Waals surface area contributed by atoms with E-state index in [1.54, 1.807) is 12.2 Å². The number of nitrogens with zero attached hydrogens (tertiary/aromatic N) is 2. The van der Waals surface area contributed by atoms with Gasteiger partial charge in [-0.25, -0.2) is 4.99 Å². The van der Waals surface area contributed by atoms with Gasteiger partial charge in [0.05, 0.1) is 0 Å². The molecule has 0 fully saturated rings. The van der Waals surface area contributed by atoms with E-state index in [4.69, 9.17) is 5.41 Å². The van der Waals surface area contributed by atoms with Gasteiger partial charge in [-0.2, -0.15) is 0 Å². The molecule has 2 atom stereocenters. The summed E-state index contributed by atoms with van der Waals surface area (Å²) in [5.74, 6) is 0.577. The van der Waals surface area contributed by atoms with E-state index >= 15 is 0 Å². The van der Waals surface area contributed by atoms with Crippen molar-refractivity contribution in [1.29, 1.82) is 5.41 Å². The molecule has 0 aliphatic carbocycles. The Labute approximate surface area is 134 Å². The summed E-state index contributed by atoms with van der Waals surface area (Å²) in [6.45, 7) is 4.69. The molecule has 7 heteroatoms. The van der Waals surface area contributed by atoms with Gasteiger partial charge in [-0.3, -0.25) is 10.7 Å². The number of hydrogen-bond acceptors (Lipinski definition) is 5. The number of aliphatic imine (C=N–C) groups is 1. The molecule has 0 spiro atoms. The van der Waals surface area contributed by atoms with Crippen LogP contribution in [0.4, 0.5) is 0 Å². The Morgan fingerprint density at radius 2 is 2.09 bits per heavy atom. The van der Waals surface area contributed by atoms with Crippen LogP contribution in [-0.2, 0) is 0 Å². The van der Waals surface area contributed by atoms with Crippen LogP contribution in [0.15, 0.2) is 17.1 Å². The number of hydrogen-bond donors (Lipinski definition) is 5. The third-order valence-corrected chi connectivity index (χ3v) is 3.00. The molecule has 0 aromatic rings. The average Bonchev–Trinajstić information content (AvgIpc) is 2.47. The maximum absolute atomic E-state index is 9.85. The van der Waals surface area contributed by atoms with Crippen LogP contribution in [0.1, 0.15) is 19.8 Å². The largest absolute Gasteiger partial charge is 0.375 e. The fourth-order valence-corrected chi connectivity index (χ4v) is 1.78. The molecular weight excluding hydrogens is 280 g/mol. The fourth-order valence-electron chi connectivity index (χ4n) is 1.78. The van der Waals surface area contributed by atoms with E-state index in [-0.39, 0.29) is 6.04 Å². The Balaban J connectivity index is 4.19. The smallest absolute Gasteiger partial charge is 0.127 e. The van der Waals surface area contributed by atoms with Crippen LogP contribution in [0.2, 0.25) is 0 Å². The lowest BCUT2D eigenvalue weighted by Gasteiger charge is -2.15. The minimum absolute atomic E-state index is 0.237. The van der Waals surface area contributed by atoms with Crippen LogP contribution in [0.5, 0.6) is 0 Å². The van der Waals surface area contributed by atoms with E-state index in [0.717, 1.165) is 38.8 Å². The van der Waals surface area contributed by atoms with Crippen LogP contribution in [0, 0.1) is 5.41 Å².